The highest BCUT2D eigenvalue weighted by molar-refractivity contribution is 6.11. The van der Waals surface area contributed by atoms with Crippen LogP contribution in [0.5, 0.6) is 0 Å². The van der Waals surface area contributed by atoms with Crippen LogP contribution in [0, 0.1) is 5.82 Å². The van der Waals surface area contributed by atoms with Gasteiger partial charge in [-0.1, -0.05) is 12.1 Å². The van der Waals surface area contributed by atoms with Crippen molar-refractivity contribution in [2.45, 2.75) is 19.4 Å². The summed E-state index contributed by atoms with van der Waals surface area (Å²) in [6, 6.07) is 10.6. The van der Waals surface area contributed by atoms with Crippen LogP contribution < -0.4 is 5.32 Å². The van der Waals surface area contributed by atoms with E-state index in [9.17, 15) is 9.18 Å². The second-order valence-electron chi connectivity index (χ2n) is 6.36. The normalized spacial score (nSPS) is 14.9. The monoisotopic (exact) mass is 338 g/mol. The molecule has 1 aromatic heterocycles. The predicted octanol–water partition coefficient (Wildman–Crippen LogP) is 3.55. The molecule has 4 rings (SSSR count). The van der Waals surface area contributed by atoms with Crippen molar-refractivity contribution >= 4 is 22.6 Å². The summed E-state index contributed by atoms with van der Waals surface area (Å²) >= 11 is 0. The number of fused-ring (bicyclic) bond motifs is 1. The third kappa shape index (κ3) is 3.25. The van der Waals surface area contributed by atoms with E-state index < -0.39 is 11.7 Å². The summed E-state index contributed by atoms with van der Waals surface area (Å²) in [5.74, 6) is -1.07. The number of aromatic amines is 1. The molecule has 0 spiro atoms. The molecule has 1 saturated heterocycles. The number of rotatable bonds is 4. The Morgan fingerprint density at radius 2 is 2.08 bits per heavy atom. The lowest BCUT2D eigenvalue weighted by molar-refractivity contribution is 0.102. The van der Waals surface area contributed by atoms with Crippen molar-refractivity contribution in [1.29, 1.82) is 0 Å². The molecule has 2 N–H and O–H groups in total. The topological polar surface area (TPSA) is 61.0 Å². The highest BCUT2D eigenvalue weighted by Crippen LogP contribution is 2.21. The van der Waals surface area contributed by atoms with Crippen molar-refractivity contribution in [3.8, 4) is 0 Å². The van der Waals surface area contributed by atoms with Gasteiger partial charge < -0.3 is 10.3 Å². The number of hydrogen-bond acceptors (Lipinski definition) is 3. The van der Waals surface area contributed by atoms with E-state index in [0.29, 0.717) is 16.7 Å². The summed E-state index contributed by atoms with van der Waals surface area (Å²) in [6.07, 6.45) is 3.93. The molecule has 0 aliphatic carbocycles. The number of hydrogen-bond donors (Lipinski definition) is 2. The first-order valence-corrected chi connectivity index (χ1v) is 8.45. The van der Waals surface area contributed by atoms with Crippen LogP contribution in [-0.4, -0.2) is 33.9 Å². The minimum atomic E-state index is -0.578. The summed E-state index contributed by atoms with van der Waals surface area (Å²) in [6.45, 7) is 3.10. The van der Waals surface area contributed by atoms with Crippen LogP contribution in [0.15, 0.2) is 42.7 Å². The van der Waals surface area contributed by atoms with Gasteiger partial charge in [-0.2, -0.15) is 0 Å². The van der Waals surface area contributed by atoms with E-state index in [0.717, 1.165) is 25.2 Å². The van der Waals surface area contributed by atoms with Crippen LogP contribution in [0.2, 0.25) is 0 Å². The number of imidazole rings is 1. The Labute approximate surface area is 144 Å². The maximum absolute atomic E-state index is 14.2. The van der Waals surface area contributed by atoms with Gasteiger partial charge in [0.2, 0.25) is 0 Å². The van der Waals surface area contributed by atoms with Crippen molar-refractivity contribution in [2.75, 3.05) is 18.4 Å². The Kier molecular flexibility index (Phi) is 4.19. The van der Waals surface area contributed by atoms with E-state index in [1.54, 1.807) is 6.07 Å². The van der Waals surface area contributed by atoms with Gasteiger partial charge in [0.15, 0.2) is 0 Å². The number of halogens is 1. The van der Waals surface area contributed by atoms with Gasteiger partial charge in [-0.05, 0) is 55.8 Å². The van der Waals surface area contributed by atoms with Crippen LogP contribution in [0.25, 0.3) is 11.0 Å². The number of carbonyl (C=O) groups is 1. The van der Waals surface area contributed by atoms with Crippen LogP contribution in [0.1, 0.15) is 28.8 Å². The number of nitrogens with zero attached hydrogens (tertiary/aromatic N) is 2. The van der Waals surface area contributed by atoms with E-state index >= 15 is 0 Å². The SMILES string of the molecule is O=C(Nc1cccc(CN2CCCC2)c1)c1c(F)ccc2[nH]cnc12. The summed E-state index contributed by atoms with van der Waals surface area (Å²) in [5, 5.41) is 2.79. The van der Waals surface area contributed by atoms with Crippen molar-refractivity contribution in [1.82, 2.24) is 14.9 Å². The van der Waals surface area contributed by atoms with E-state index in [2.05, 4.69) is 20.2 Å². The minimum absolute atomic E-state index is 0.0382. The van der Waals surface area contributed by atoms with Gasteiger partial charge in [0, 0.05) is 12.2 Å². The fourth-order valence-corrected chi connectivity index (χ4v) is 3.34. The van der Waals surface area contributed by atoms with Crippen molar-refractivity contribution in [3.05, 3.63) is 59.7 Å². The van der Waals surface area contributed by atoms with Crippen molar-refractivity contribution in [2.24, 2.45) is 0 Å². The summed E-state index contributed by atoms with van der Waals surface area (Å²) in [5.41, 5.74) is 2.73. The molecule has 1 amide bonds. The van der Waals surface area contributed by atoms with Gasteiger partial charge in [-0.25, -0.2) is 9.37 Å². The molecule has 128 valence electrons. The molecule has 0 bridgehead atoms. The number of nitrogens with one attached hydrogen (secondary N) is 2. The highest BCUT2D eigenvalue weighted by atomic mass is 19.1. The standard InChI is InChI=1S/C19H19FN4O/c20-15-6-7-16-18(22-12-21-16)17(15)19(25)23-14-5-3-4-13(10-14)11-24-8-1-2-9-24/h3-7,10,12H,1-2,8-9,11H2,(H,21,22)(H,23,25). The second-order valence-corrected chi connectivity index (χ2v) is 6.36. The molecule has 0 atom stereocenters. The predicted molar refractivity (Wildman–Crippen MR) is 95.0 cm³/mol. The Hall–Kier alpha value is -2.73. The number of aromatic nitrogens is 2. The van der Waals surface area contributed by atoms with Crippen molar-refractivity contribution < 1.29 is 9.18 Å². The first kappa shape index (κ1) is 15.8. The first-order valence-electron chi connectivity index (χ1n) is 8.45. The maximum Gasteiger partial charge on any atom is 0.260 e. The number of amides is 1. The molecule has 25 heavy (non-hydrogen) atoms. The average Bonchev–Trinajstić information content (AvgIpc) is 3.26. The second kappa shape index (κ2) is 6.64. The Morgan fingerprint density at radius 3 is 2.92 bits per heavy atom. The van der Waals surface area contributed by atoms with Crippen molar-refractivity contribution in [3.63, 3.8) is 0 Å². The number of benzene rings is 2. The van der Waals surface area contributed by atoms with Gasteiger partial charge in [0.05, 0.1) is 11.8 Å². The van der Waals surface area contributed by atoms with Gasteiger partial charge in [-0.3, -0.25) is 9.69 Å². The molecule has 6 heteroatoms. The molecule has 1 fully saturated rings. The molecule has 0 unspecified atom stereocenters. The quantitative estimate of drug-likeness (QED) is 0.765. The number of likely N-dealkylation sites (tertiary alicyclic amines) is 1. The number of H-pyrrole nitrogens is 1. The van der Waals surface area contributed by atoms with E-state index in [-0.39, 0.29) is 5.56 Å². The largest absolute Gasteiger partial charge is 0.345 e. The lowest BCUT2D eigenvalue weighted by Gasteiger charge is -2.15. The zero-order chi connectivity index (χ0) is 17.2. The Bertz CT molecular complexity index is 915. The maximum atomic E-state index is 14.2. The smallest absolute Gasteiger partial charge is 0.260 e. The summed E-state index contributed by atoms with van der Waals surface area (Å²) < 4.78 is 14.2. The third-order valence-corrected chi connectivity index (χ3v) is 4.56. The summed E-state index contributed by atoms with van der Waals surface area (Å²) in [4.78, 5) is 21.9. The molecule has 2 aromatic carbocycles. The Morgan fingerprint density at radius 1 is 1.24 bits per heavy atom. The van der Waals surface area contributed by atoms with Gasteiger partial charge in [-0.15, -0.1) is 0 Å². The molecule has 5 nitrogen and oxygen atoms in total. The van der Waals surface area contributed by atoms with Crippen LogP contribution in [0.3, 0.4) is 0 Å². The molecular weight excluding hydrogens is 319 g/mol. The fourth-order valence-electron chi connectivity index (χ4n) is 3.34. The van der Waals surface area contributed by atoms with E-state index in [1.807, 2.05) is 24.3 Å². The lowest BCUT2D eigenvalue weighted by atomic mass is 10.1. The molecule has 0 saturated carbocycles. The fraction of sp³-hybridized carbons (Fsp3) is 0.263. The lowest BCUT2D eigenvalue weighted by Crippen LogP contribution is -2.19. The zero-order valence-electron chi connectivity index (χ0n) is 13.8. The number of anilines is 1. The van der Waals surface area contributed by atoms with Gasteiger partial charge in [0.1, 0.15) is 16.9 Å². The molecule has 1 aliphatic rings. The summed E-state index contributed by atoms with van der Waals surface area (Å²) in [7, 11) is 0. The molecular formula is C19H19FN4O. The average molecular weight is 338 g/mol. The first-order chi connectivity index (χ1) is 12.2. The molecule has 1 aliphatic heterocycles. The Balaban J connectivity index is 1.56. The molecule has 3 aromatic rings. The van der Waals surface area contributed by atoms with E-state index in [1.165, 1.54) is 25.2 Å². The third-order valence-electron chi connectivity index (χ3n) is 4.56. The number of carbonyl (C=O) groups excluding carboxylic acids is 1. The van der Waals surface area contributed by atoms with Gasteiger partial charge >= 0.3 is 0 Å². The van der Waals surface area contributed by atoms with Crippen LogP contribution >= 0.6 is 0 Å². The minimum Gasteiger partial charge on any atom is -0.345 e. The van der Waals surface area contributed by atoms with Crippen LogP contribution in [-0.2, 0) is 6.54 Å². The van der Waals surface area contributed by atoms with E-state index in [4.69, 9.17) is 0 Å². The van der Waals surface area contributed by atoms with Gasteiger partial charge in [0.25, 0.3) is 5.91 Å². The molecule has 2 heterocycles. The molecule has 0 radical (unpaired) electrons. The zero-order valence-corrected chi connectivity index (χ0v) is 13.8. The highest BCUT2D eigenvalue weighted by Gasteiger charge is 2.18. The van der Waals surface area contributed by atoms with Crippen LogP contribution in [0.4, 0.5) is 10.1 Å².